The molecule has 0 unspecified atom stereocenters. The fraction of sp³-hybridized carbons (Fsp3) is 0.455. The predicted octanol–water partition coefficient (Wildman–Crippen LogP) is 6.52. The summed E-state index contributed by atoms with van der Waals surface area (Å²) in [5.41, 5.74) is 4.65. The van der Waals surface area contributed by atoms with Crippen LogP contribution in [0.25, 0.3) is 11.1 Å². The molecule has 2 rings (SSSR count). The molecule has 0 amide bonds. The number of phenols is 1. The molecule has 0 aliphatic heterocycles. The minimum Gasteiger partial charge on any atom is -0.507 e. The number of benzene rings is 2. The van der Waals surface area contributed by atoms with Gasteiger partial charge in [0.1, 0.15) is 5.75 Å². The molecule has 0 spiro atoms. The molecule has 23 heavy (non-hydrogen) atoms. The summed E-state index contributed by atoms with van der Waals surface area (Å²) in [5, 5.41) is 10.3. The highest BCUT2D eigenvalue weighted by Gasteiger charge is 2.06. The molecule has 0 radical (unpaired) electrons. The molecule has 0 saturated heterocycles. The summed E-state index contributed by atoms with van der Waals surface area (Å²) in [5.74, 6) is 0.401. The number of aryl methyl sites for hydroxylation is 2. The highest BCUT2D eigenvalue weighted by atomic mass is 16.3. The third-order valence-electron chi connectivity index (χ3n) is 4.47. The molecule has 0 saturated carbocycles. The van der Waals surface area contributed by atoms with Crippen molar-refractivity contribution >= 4 is 0 Å². The van der Waals surface area contributed by atoms with Crippen molar-refractivity contribution in [1.82, 2.24) is 0 Å². The predicted molar refractivity (Wildman–Crippen MR) is 100 cm³/mol. The van der Waals surface area contributed by atoms with Crippen LogP contribution in [-0.2, 0) is 12.8 Å². The van der Waals surface area contributed by atoms with Crippen LogP contribution in [0.1, 0.15) is 63.5 Å². The Bertz CT molecular complexity index is 583. The first kappa shape index (κ1) is 17.6. The number of aromatic hydroxyl groups is 1. The third kappa shape index (κ3) is 5.42. The van der Waals surface area contributed by atoms with Crippen LogP contribution in [0.4, 0.5) is 0 Å². The van der Waals surface area contributed by atoms with E-state index < -0.39 is 0 Å². The van der Waals surface area contributed by atoms with E-state index in [2.05, 4.69) is 50.2 Å². The molecule has 0 heterocycles. The average Bonchev–Trinajstić information content (AvgIpc) is 2.56. The van der Waals surface area contributed by atoms with Gasteiger partial charge < -0.3 is 5.11 Å². The van der Waals surface area contributed by atoms with Crippen LogP contribution in [0, 0.1) is 0 Å². The normalized spacial score (nSPS) is 10.9. The average molecular weight is 310 g/mol. The Morgan fingerprint density at radius 3 is 1.83 bits per heavy atom. The summed E-state index contributed by atoms with van der Waals surface area (Å²) >= 11 is 0. The van der Waals surface area contributed by atoms with Gasteiger partial charge in [0.05, 0.1) is 0 Å². The molecule has 124 valence electrons. The highest BCUT2D eigenvalue weighted by Crippen LogP contribution is 2.30. The number of hydrogen-bond donors (Lipinski definition) is 1. The van der Waals surface area contributed by atoms with E-state index in [0.717, 1.165) is 24.0 Å². The summed E-state index contributed by atoms with van der Waals surface area (Å²) in [6.07, 6.45) is 9.69. The van der Waals surface area contributed by atoms with Crippen molar-refractivity contribution in [2.24, 2.45) is 0 Å². The summed E-state index contributed by atoms with van der Waals surface area (Å²) in [7, 11) is 0. The van der Waals surface area contributed by atoms with Crippen LogP contribution < -0.4 is 0 Å². The second-order valence-corrected chi connectivity index (χ2v) is 6.46. The van der Waals surface area contributed by atoms with E-state index in [9.17, 15) is 5.11 Å². The van der Waals surface area contributed by atoms with Crippen molar-refractivity contribution in [3.8, 4) is 16.9 Å². The van der Waals surface area contributed by atoms with E-state index in [1.807, 2.05) is 6.07 Å². The zero-order valence-electron chi connectivity index (χ0n) is 14.6. The van der Waals surface area contributed by atoms with Crippen LogP contribution >= 0.6 is 0 Å². The van der Waals surface area contributed by atoms with Gasteiger partial charge in [-0.15, -0.1) is 0 Å². The van der Waals surface area contributed by atoms with Crippen molar-refractivity contribution in [1.29, 1.82) is 0 Å². The fourth-order valence-corrected chi connectivity index (χ4v) is 2.99. The van der Waals surface area contributed by atoms with Crippen LogP contribution in [0.3, 0.4) is 0 Å². The molecule has 0 fully saturated rings. The minimum absolute atomic E-state index is 0.401. The molecule has 1 nitrogen and oxygen atoms in total. The van der Waals surface area contributed by atoms with Gasteiger partial charge in [0.2, 0.25) is 0 Å². The van der Waals surface area contributed by atoms with Crippen molar-refractivity contribution in [3.63, 3.8) is 0 Å². The first-order chi connectivity index (χ1) is 11.2. The van der Waals surface area contributed by atoms with Crippen LogP contribution in [0.5, 0.6) is 5.75 Å². The van der Waals surface area contributed by atoms with Crippen LogP contribution in [-0.4, -0.2) is 5.11 Å². The first-order valence-corrected chi connectivity index (χ1v) is 9.15. The van der Waals surface area contributed by atoms with Crippen molar-refractivity contribution in [3.05, 3.63) is 53.6 Å². The Kier molecular flexibility index (Phi) is 7.19. The van der Waals surface area contributed by atoms with E-state index >= 15 is 0 Å². The Hall–Kier alpha value is -1.76. The van der Waals surface area contributed by atoms with Crippen molar-refractivity contribution in [2.45, 2.75) is 65.2 Å². The molecule has 0 aliphatic carbocycles. The van der Waals surface area contributed by atoms with E-state index in [4.69, 9.17) is 0 Å². The maximum atomic E-state index is 10.3. The minimum atomic E-state index is 0.401. The van der Waals surface area contributed by atoms with Crippen LogP contribution in [0.15, 0.2) is 42.5 Å². The molecule has 0 aromatic heterocycles. The Morgan fingerprint density at radius 2 is 1.26 bits per heavy atom. The summed E-state index contributed by atoms with van der Waals surface area (Å²) in [4.78, 5) is 0. The zero-order chi connectivity index (χ0) is 16.5. The first-order valence-electron chi connectivity index (χ1n) is 9.15. The molecule has 2 aromatic carbocycles. The lowest BCUT2D eigenvalue weighted by atomic mass is 9.98. The maximum Gasteiger partial charge on any atom is 0.123 e. The largest absolute Gasteiger partial charge is 0.507 e. The number of phenolic OH excluding ortho intramolecular Hbond substituents is 1. The third-order valence-corrected chi connectivity index (χ3v) is 4.47. The van der Waals surface area contributed by atoms with Crippen molar-refractivity contribution < 1.29 is 5.11 Å². The molecular formula is C22H30O. The van der Waals surface area contributed by atoms with Crippen molar-refractivity contribution in [2.75, 3.05) is 0 Å². The van der Waals surface area contributed by atoms with Crippen LogP contribution in [0.2, 0.25) is 0 Å². The molecule has 1 N–H and O–H groups in total. The maximum absolute atomic E-state index is 10.3. The van der Waals surface area contributed by atoms with Gasteiger partial charge in [0.25, 0.3) is 0 Å². The lowest BCUT2D eigenvalue weighted by Crippen LogP contribution is -1.88. The van der Waals surface area contributed by atoms with Gasteiger partial charge in [0, 0.05) is 5.56 Å². The summed E-state index contributed by atoms with van der Waals surface area (Å²) < 4.78 is 0. The van der Waals surface area contributed by atoms with Gasteiger partial charge in [-0.3, -0.25) is 0 Å². The summed E-state index contributed by atoms with van der Waals surface area (Å²) in [6, 6.07) is 14.8. The molecule has 2 aromatic rings. The SMILES string of the molecule is CCCCCc1ccc(-c2ccc(CCCCC)cc2O)cc1. The van der Waals surface area contributed by atoms with Gasteiger partial charge in [0.15, 0.2) is 0 Å². The lowest BCUT2D eigenvalue weighted by molar-refractivity contribution is 0.476. The van der Waals surface area contributed by atoms with Gasteiger partial charge >= 0.3 is 0 Å². The Labute approximate surface area is 141 Å². The molecule has 0 atom stereocenters. The number of rotatable bonds is 9. The van der Waals surface area contributed by atoms with Gasteiger partial charge in [-0.1, -0.05) is 75.9 Å². The fourth-order valence-electron chi connectivity index (χ4n) is 2.99. The monoisotopic (exact) mass is 310 g/mol. The number of hydrogen-bond acceptors (Lipinski definition) is 1. The second-order valence-electron chi connectivity index (χ2n) is 6.46. The van der Waals surface area contributed by atoms with E-state index in [0.29, 0.717) is 5.75 Å². The molecule has 1 heteroatoms. The molecular weight excluding hydrogens is 280 g/mol. The lowest BCUT2D eigenvalue weighted by Gasteiger charge is -2.09. The summed E-state index contributed by atoms with van der Waals surface area (Å²) in [6.45, 7) is 4.45. The smallest absolute Gasteiger partial charge is 0.123 e. The topological polar surface area (TPSA) is 20.2 Å². The molecule has 0 aliphatic rings. The van der Waals surface area contributed by atoms with E-state index in [1.54, 1.807) is 0 Å². The van der Waals surface area contributed by atoms with E-state index in [1.165, 1.54) is 49.7 Å². The Morgan fingerprint density at radius 1 is 0.696 bits per heavy atom. The van der Waals surface area contributed by atoms with Gasteiger partial charge in [-0.25, -0.2) is 0 Å². The Balaban J connectivity index is 2.03. The quantitative estimate of drug-likeness (QED) is 0.522. The molecule has 0 bridgehead atoms. The van der Waals surface area contributed by atoms with Gasteiger partial charge in [-0.2, -0.15) is 0 Å². The second kappa shape index (κ2) is 9.39. The van der Waals surface area contributed by atoms with E-state index in [-0.39, 0.29) is 0 Å². The zero-order valence-corrected chi connectivity index (χ0v) is 14.6. The van der Waals surface area contributed by atoms with Gasteiger partial charge in [-0.05, 0) is 48.4 Å². The highest BCUT2D eigenvalue weighted by molar-refractivity contribution is 5.70. The standard InChI is InChI=1S/C22H30O/c1-3-5-7-9-18-11-14-20(15-12-18)21-16-13-19(17-22(21)23)10-8-6-4-2/h11-17,23H,3-10H2,1-2H3. The number of unbranched alkanes of at least 4 members (excludes halogenated alkanes) is 4.